The van der Waals surface area contributed by atoms with E-state index in [1.54, 1.807) is 31.4 Å². The van der Waals surface area contributed by atoms with Gasteiger partial charge in [0.2, 0.25) is 11.1 Å². The quantitative estimate of drug-likeness (QED) is 0.543. The molecule has 0 unspecified atom stereocenters. The Morgan fingerprint density at radius 1 is 1.16 bits per heavy atom. The molecular weight excluding hydrogens is 490 g/mol. The summed E-state index contributed by atoms with van der Waals surface area (Å²) in [5, 5.41) is 15.2. The number of hydrogen-bond donors (Lipinski definition) is 1. The molecule has 0 aromatic heterocycles. The third-order valence-corrected chi connectivity index (χ3v) is 7.24. The Bertz CT molecular complexity index is 1330. The van der Waals surface area contributed by atoms with Gasteiger partial charge in [0.15, 0.2) is 17.3 Å². The molecule has 2 aromatic carbocycles. The molecule has 2 aromatic rings. The number of nitrogens with one attached hydrogen (secondary N) is 1. The number of methoxy groups -OCH3 is 1. The molecule has 3 heterocycles. The third-order valence-electron chi connectivity index (χ3n) is 6.33. The fourth-order valence-electron chi connectivity index (χ4n) is 4.33. The SMILES string of the molecule is COc1cc(/C=C2/C(=N)N3N=C(CC(=O)N4CCCC4)SC3=NC2=O)ccc1O[C@H](C)c1ccccc1. The summed E-state index contributed by atoms with van der Waals surface area (Å²) in [6, 6.07) is 15.2. The van der Waals surface area contributed by atoms with Gasteiger partial charge in [-0.2, -0.15) is 15.1 Å². The van der Waals surface area contributed by atoms with E-state index in [-0.39, 0.29) is 29.8 Å². The van der Waals surface area contributed by atoms with Gasteiger partial charge in [0.1, 0.15) is 11.1 Å². The first-order chi connectivity index (χ1) is 17.9. The highest BCUT2D eigenvalue weighted by Crippen LogP contribution is 2.34. The van der Waals surface area contributed by atoms with Crippen LogP contribution in [0.15, 0.2) is 64.2 Å². The Hall–Kier alpha value is -3.92. The molecule has 0 aliphatic carbocycles. The Balaban J connectivity index is 1.33. The van der Waals surface area contributed by atoms with Crippen molar-refractivity contribution >= 4 is 45.7 Å². The molecule has 2 amide bonds. The average molecular weight is 518 g/mol. The van der Waals surface area contributed by atoms with Gasteiger partial charge in [-0.15, -0.1) is 0 Å². The number of amidine groups is 2. The van der Waals surface area contributed by atoms with Crippen molar-refractivity contribution in [1.82, 2.24) is 9.91 Å². The molecule has 1 N–H and O–H groups in total. The zero-order valence-electron chi connectivity index (χ0n) is 20.6. The monoisotopic (exact) mass is 517 g/mol. The highest BCUT2D eigenvalue weighted by Gasteiger charge is 2.36. The van der Waals surface area contributed by atoms with Gasteiger partial charge in [0.05, 0.1) is 19.1 Å². The third kappa shape index (κ3) is 5.29. The van der Waals surface area contributed by atoms with E-state index in [1.165, 1.54) is 5.01 Å². The van der Waals surface area contributed by atoms with Crippen LogP contribution in [-0.2, 0) is 9.59 Å². The van der Waals surface area contributed by atoms with Gasteiger partial charge in [-0.25, -0.2) is 0 Å². The van der Waals surface area contributed by atoms with Crippen LogP contribution in [0.4, 0.5) is 0 Å². The van der Waals surface area contributed by atoms with Gasteiger partial charge < -0.3 is 14.4 Å². The van der Waals surface area contributed by atoms with E-state index in [9.17, 15) is 9.59 Å². The number of carbonyl (C=O) groups is 2. The predicted octanol–water partition coefficient (Wildman–Crippen LogP) is 4.47. The molecule has 3 aliphatic heterocycles. The summed E-state index contributed by atoms with van der Waals surface area (Å²) in [5.74, 6) is 0.479. The average Bonchev–Trinajstić information content (AvgIpc) is 3.58. The minimum absolute atomic E-state index is 0.00815. The summed E-state index contributed by atoms with van der Waals surface area (Å²) >= 11 is 1.16. The first kappa shape index (κ1) is 24.8. The molecule has 0 radical (unpaired) electrons. The molecule has 9 nitrogen and oxygen atoms in total. The number of nitrogens with zero attached hydrogens (tertiary/aromatic N) is 4. The number of fused-ring (bicyclic) bond motifs is 1. The van der Waals surface area contributed by atoms with Crippen LogP contribution in [0.3, 0.4) is 0 Å². The fraction of sp³-hybridized carbons (Fsp3) is 0.296. The summed E-state index contributed by atoms with van der Waals surface area (Å²) in [6.45, 7) is 3.49. The molecule has 1 atom stereocenters. The maximum Gasteiger partial charge on any atom is 0.283 e. The van der Waals surface area contributed by atoms with Crippen molar-refractivity contribution < 1.29 is 19.1 Å². The van der Waals surface area contributed by atoms with Crippen molar-refractivity contribution in [3.8, 4) is 11.5 Å². The maximum atomic E-state index is 12.8. The fourth-order valence-corrected chi connectivity index (χ4v) is 5.21. The normalized spacial score (nSPS) is 19.0. The Morgan fingerprint density at radius 2 is 1.92 bits per heavy atom. The van der Waals surface area contributed by atoms with Crippen molar-refractivity contribution in [2.24, 2.45) is 10.1 Å². The molecule has 190 valence electrons. The van der Waals surface area contributed by atoms with Crippen molar-refractivity contribution in [2.75, 3.05) is 20.2 Å². The second-order valence-corrected chi connectivity index (χ2v) is 9.90. The number of likely N-dealkylation sites (tertiary alicyclic amines) is 1. The molecule has 0 spiro atoms. The maximum absolute atomic E-state index is 12.8. The summed E-state index contributed by atoms with van der Waals surface area (Å²) < 4.78 is 11.6. The number of hydrazone groups is 1. The Morgan fingerprint density at radius 3 is 2.65 bits per heavy atom. The summed E-state index contributed by atoms with van der Waals surface area (Å²) in [4.78, 5) is 31.3. The molecule has 5 rings (SSSR count). The van der Waals surface area contributed by atoms with Gasteiger partial charge in [0.25, 0.3) is 5.91 Å². The lowest BCUT2D eigenvalue weighted by Gasteiger charge is -2.20. The minimum Gasteiger partial charge on any atom is -0.493 e. The molecule has 3 aliphatic rings. The van der Waals surface area contributed by atoms with E-state index in [2.05, 4.69) is 10.1 Å². The highest BCUT2D eigenvalue weighted by molar-refractivity contribution is 8.27. The smallest absolute Gasteiger partial charge is 0.283 e. The number of aliphatic imine (C=N–C) groups is 1. The molecule has 37 heavy (non-hydrogen) atoms. The number of thioether (sulfide) groups is 1. The Labute approximate surface area is 219 Å². The van der Waals surface area contributed by atoms with E-state index < -0.39 is 5.91 Å². The van der Waals surface area contributed by atoms with Crippen molar-refractivity contribution in [2.45, 2.75) is 32.3 Å². The van der Waals surface area contributed by atoms with E-state index >= 15 is 0 Å². The molecule has 0 saturated carbocycles. The van der Waals surface area contributed by atoms with Crippen LogP contribution < -0.4 is 9.47 Å². The zero-order chi connectivity index (χ0) is 25.9. The second kappa shape index (κ2) is 10.6. The van der Waals surface area contributed by atoms with Gasteiger partial charge in [-0.1, -0.05) is 36.4 Å². The van der Waals surface area contributed by atoms with E-state index in [0.717, 1.165) is 43.3 Å². The second-order valence-electron chi connectivity index (χ2n) is 8.86. The van der Waals surface area contributed by atoms with Gasteiger partial charge in [0, 0.05) is 13.1 Å². The van der Waals surface area contributed by atoms with Crippen LogP contribution >= 0.6 is 11.8 Å². The standard InChI is InChI=1S/C27H27N5O4S/c1-17(19-8-4-3-5-9-19)36-21-11-10-18(15-22(21)35-2)14-20-25(28)32-27(29-26(20)34)37-23(30-32)16-24(33)31-12-6-7-13-31/h3-5,8-11,14-15,17,28H,6-7,12-13,16H2,1-2H3/b20-14-,28-25?/t17-/m1/s1. The van der Waals surface area contributed by atoms with Crippen LogP contribution in [0.5, 0.6) is 11.5 Å². The molecule has 1 saturated heterocycles. The lowest BCUT2D eigenvalue weighted by Crippen LogP contribution is -2.35. The number of ether oxygens (including phenoxy) is 2. The van der Waals surface area contributed by atoms with Crippen LogP contribution in [0.25, 0.3) is 6.08 Å². The van der Waals surface area contributed by atoms with E-state index in [4.69, 9.17) is 14.9 Å². The van der Waals surface area contributed by atoms with Gasteiger partial charge in [-0.05, 0) is 60.9 Å². The molecular formula is C27H27N5O4S. The molecule has 1 fully saturated rings. The van der Waals surface area contributed by atoms with Crippen LogP contribution in [-0.4, -0.2) is 58.0 Å². The largest absolute Gasteiger partial charge is 0.493 e. The first-order valence-electron chi connectivity index (χ1n) is 12.1. The molecule has 0 bridgehead atoms. The van der Waals surface area contributed by atoms with E-state index in [0.29, 0.717) is 27.3 Å². The first-order valence-corrected chi connectivity index (χ1v) is 12.9. The lowest BCUT2D eigenvalue weighted by molar-refractivity contribution is -0.128. The van der Waals surface area contributed by atoms with Gasteiger partial charge in [-0.3, -0.25) is 15.0 Å². The topological polar surface area (TPSA) is 108 Å². The minimum atomic E-state index is -0.525. The van der Waals surface area contributed by atoms with Crippen LogP contribution in [0.1, 0.15) is 43.4 Å². The van der Waals surface area contributed by atoms with Crippen LogP contribution in [0, 0.1) is 5.41 Å². The van der Waals surface area contributed by atoms with Crippen molar-refractivity contribution in [1.29, 1.82) is 5.41 Å². The zero-order valence-corrected chi connectivity index (χ0v) is 21.5. The number of hydrogen-bond acceptors (Lipinski definition) is 7. The lowest BCUT2D eigenvalue weighted by atomic mass is 10.1. The number of benzene rings is 2. The number of rotatable bonds is 7. The summed E-state index contributed by atoms with van der Waals surface area (Å²) in [6.07, 6.45) is 3.58. The van der Waals surface area contributed by atoms with Crippen molar-refractivity contribution in [3.05, 3.63) is 65.2 Å². The summed E-state index contributed by atoms with van der Waals surface area (Å²) in [5.41, 5.74) is 1.80. The van der Waals surface area contributed by atoms with Gasteiger partial charge >= 0.3 is 0 Å². The number of carbonyl (C=O) groups excluding carboxylic acids is 2. The number of amides is 2. The highest BCUT2D eigenvalue weighted by atomic mass is 32.2. The Kier molecular flexibility index (Phi) is 7.09. The van der Waals surface area contributed by atoms with E-state index in [1.807, 2.05) is 42.2 Å². The summed E-state index contributed by atoms with van der Waals surface area (Å²) in [7, 11) is 1.55. The van der Waals surface area contributed by atoms with Crippen LogP contribution in [0.2, 0.25) is 0 Å². The predicted molar refractivity (Wildman–Crippen MR) is 144 cm³/mol. The molecule has 10 heteroatoms. The van der Waals surface area contributed by atoms with Crippen molar-refractivity contribution in [3.63, 3.8) is 0 Å².